The number of amides is 1. The monoisotopic (exact) mass is 368 g/mol. The van der Waals surface area contributed by atoms with Crippen LogP contribution in [0.5, 0.6) is 0 Å². The maximum Gasteiger partial charge on any atom is 0.246 e. The van der Waals surface area contributed by atoms with Crippen molar-refractivity contribution in [1.29, 1.82) is 0 Å². The molecule has 1 aromatic rings. The molecule has 1 rings (SSSR count). The fourth-order valence-electron chi connectivity index (χ4n) is 2.53. The highest BCUT2D eigenvalue weighted by molar-refractivity contribution is 7.89. The normalized spacial score (nSPS) is 12.0. The SMILES string of the molecule is CCC(CC)N(CCOC)C(=O)C=Cc1ccc(S(=O)(=O)NC)cc1. The van der Waals surface area contributed by atoms with E-state index < -0.39 is 10.0 Å². The lowest BCUT2D eigenvalue weighted by Crippen LogP contribution is -2.40. The number of nitrogens with one attached hydrogen (secondary N) is 1. The second-order valence-corrected chi connectivity index (χ2v) is 7.49. The number of ether oxygens (including phenoxy) is 1. The number of rotatable bonds is 10. The highest BCUT2D eigenvalue weighted by atomic mass is 32.2. The number of benzene rings is 1. The Morgan fingerprint density at radius 2 is 1.84 bits per heavy atom. The summed E-state index contributed by atoms with van der Waals surface area (Å²) in [5.41, 5.74) is 0.764. The van der Waals surface area contributed by atoms with Gasteiger partial charge in [-0.3, -0.25) is 4.79 Å². The molecule has 1 aromatic carbocycles. The van der Waals surface area contributed by atoms with Crippen LogP contribution in [-0.4, -0.2) is 52.6 Å². The minimum atomic E-state index is -3.45. The molecule has 0 aliphatic carbocycles. The first-order valence-corrected chi connectivity index (χ1v) is 9.89. The van der Waals surface area contributed by atoms with E-state index in [2.05, 4.69) is 18.6 Å². The van der Waals surface area contributed by atoms with Crippen molar-refractivity contribution in [1.82, 2.24) is 9.62 Å². The topological polar surface area (TPSA) is 75.7 Å². The molecule has 0 unspecified atom stereocenters. The Morgan fingerprint density at radius 3 is 2.32 bits per heavy atom. The number of sulfonamides is 1. The summed E-state index contributed by atoms with van der Waals surface area (Å²) in [6, 6.07) is 6.55. The van der Waals surface area contributed by atoms with Gasteiger partial charge in [-0.2, -0.15) is 0 Å². The number of carbonyl (C=O) groups is 1. The van der Waals surface area contributed by atoms with Crippen LogP contribution < -0.4 is 4.72 Å². The van der Waals surface area contributed by atoms with Crippen molar-refractivity contribution in [3.05, 3.63) is 35.9 Å². The van der Waals surface area contributed by atoms with Gasteiger partial charge in [0.15, 0.2) is 0 Å². The molecular weight excluding hydrogens is 340 g/mol. The summed E-state index contributed by atoms with van der Waals surface area (Å²) in [7, 11) is -0.465. The van der Waals surface area contributed by atoms with Gasteiger partial charge in [-0.05, 0) is 43.7 Å². The second kappa shape index (κ2) is 10.3. The highest BCUT2D eigenvalue weighted by Gasteiger charge is 2.18. The zero-order valence-corrected chi connectivity index (χ0v) is 16.2. The smallest absolute Gasteiger partial charge is 0.246 e. The Labute approximate surface area is 150 Å². The minimum absolute atomic E-state index is 0.0716. The quantitative estimate of drug-likeness (QED) is 0.643. The molecule has 0 aliphatic rings. The van der Waals surface area contributed by atoms with E-state index in [0.29, 0.717) is 13.2 Å². The molecule has 0 atom stereocenters. The molecule has 6 nitrogen and oxygen atoms in total. The van der Waals surface area contributed by atoms with Crippen LogP contribution >= 0.6 is 0 Å². The molecule has 140 valence electrons. The van der Waals surface area contributed by atoms with Crippen LogP contribution in [-0.2, 0) is 19.6 Å². The molecule has 7 heteroatoms. The summed E-state index contributed by atoms with van der Waals surface area (Å²) in [5.74, 6) is -0.0716. The molecule has 0 saturated carbocycles. The van der Waals surface area contributed by atoms with E-state index in [1.807, 2.05) is 4.90 Å². The van der Waals surface area contributed by atoms with Crippen molar-refractivity contribution in [3.63, 3.8) is 0 Å². The molecule has 0 aliphatic heterocycles. The summed E-state index contributed by atoms with van der Waals surface area (Å²) in [5, 5.41) is 0. The zero-order valence-electron chi connectivity index (χ0n) is 15.4. The summed E-state index contributed by atoms with van der Waals surface area (Å²) < 4.78 is 30.8. The lowest BCUT2D eigenvalue weighted by molar-refractivity contribution is -0.129. The molecule has 0 heterocycles. The number of methoxy groups -OCH3 is 1. The van der Waals surface area contributed by atoms with E-state index in [-0.39, 0.29) is 16.8 Å². The lowest BCUT2D eigenvalue weighted by Gasteiger charge is -2.29. The number of hydrogen-bond donors (Lipinski definition) is 1. The standard InChI is InChI=1S/C18H28N2O4S/c1-5-16(6-2)20(13-14-24-4)18(21)12-9-15-7-10-17(11-8-15)25(22,23)19-3/h7-12,16,19H,5-6,13-14H2,1-4H3. The molecule has 0 spiro atoms. The lowest BCUT2D eigenvalue weighted by atomic mass is 10.1. The summed E-state index contributed by atoms with van der Waals surface area (Å²) >= 11 is 0. The van der Waals surface area contributed by atoms with Gasteiger partial charge in [0.2, 0.25) is 15.9 Å². The summed E-state index contributed by atoms with van der Waals surface area (Å²) in [4.78, 5) is 14.5. The predicted molar refractivity (Wildman–Crippen MR) is 99.7 cm³/mol. The van der Waals surface area contributed by atoms with Crippen LogP contribution in [0.2, 0.25) is 0 Å². The third-order valence-electron chi connectivity index (χ3n) is 4.08. The van der Waals surface area contributed by atoms with E-state index in [1.165, 1.54) is 25.3 Å². The van der Waals surface area contributed by atoms with Crippen LogP contribution in [0, 0.1) is 0 Å². The van der Waals surface area contributed by atoms with Gasteiger partial charge in [0.1, 0.15) is 0 Å². The second-order valence-electron chi connectivity index (χ2n) is 5.60. The van der Waals surface area contributed by atoms with Crippen LogP contribution in [0.1, 0.15) is 32.3 Å². The summed E-state index contributed by atoms with van der Waals surface area (Å²) in [6.45, 7) is 5.16. The molecule has 25 heavy (non-hydrogen) atoms. The van der Waals surface area contributed by atoms with Crippen molar-refractivity contribution < 1.29 is 17.9 Å². The van der Waals surface area contributed by atoms with Gasteiger partial charge in [-0.25, -0.2) is 13.1 Å². The minimum Gasteiger partial charge on any atom is -0.383 e. The van der Waals surface area contributed by atoms with Gasteiger partial charge < -0.3 is 9.64 Å². The molecule has 0 fully saturated rings. The molecule has 0 bridgehead atoms. The molecule has 1 N–H and O–H groups in total. The Morgan fingerprint density at radius 1 is 1.24 bits per heavy atom. The average Bonchev–Trinajstić information content (AvgIpc) is 2.63. The number of carbonyl (C=O) groups excluding carboxylic acids is 1. The first-order chi connectivity index (χ1) is 11.9. The largest absolute Gasteiger partial charge is 0.383 e. The Hall–Kier alpha value is -1.70. The van der Waals surface area contributed by atoms with Crippen molar-refractivity contribution in [2.24, 2.45) is 0 Å². The zero-order chi connectivity index (χ0) is 18.9. The molecule has 1 amide bonds. The molecule has 0 saturated heterocycles. The van der Waals surface area contributed by atoms with Gasteiger partial charge in [0.05, 0.1) is 11.5 Å². The van der Waals surface area contributed by atoms with Crippen LogP contribution in [0.4, 0.5) is 0 Å². The van der Waals surface area contributed by atoms with Gasteiger partial charge in [-0.1, -0.05) is 26.0 Å². The van der Waals surface area contributed by atoms with Gasteiger partial charge in [-0.15, -0.1) is 0 Å². The molecule has 0 radical (unpaired) electrons. The van der Waals surface area contributed by atoms with Crippen LogP contribution in [0.15, 0.2) is 35.2 Å². The van der Waals surface area contributed by atoms with Crippen molar-refractivity contribution in [3.8, 4) is 0 Å². The maximum atomic E-state index is 12.5. The number of nitrogens with zero attached hydrogens (tertiary/aromatic N) is 1. The predicted octanol–water partition coefficient (Wildman–Crippen LogP) is 2.27. The van der Waals surface area contributed by atoms with Crippen LogP contribution in [0.25, 0.3) is 6.08 Å². The third-order valence-corrected chi connectivity index (χ3v) is 5.51. The van der Waals surface area contributed by atoms with Crippen LogP contribution in [0.3, 0.4) is 0 Å². The Kier molecular flexibility index (Phi) is 8.82. The fourth-order valence-corrected chi connectivity index (χ4v) is 3.26. The Bertz CT molecular complexity index is 665. The average molecular weight is 368 g/mol. The maximum absolute atomic E-state index is 12.5. The first-order valence-electron chi connectivity index (χ1n) is 8.40. The van der Waals surface area contributed by atoms with Crippen molar-refractivity contribution in [2.45, 2.75) is 37.6 Å². The van der Waals surface area contributed by atoms with Gasteiger partial charge in [0.25, 0.3) is 0 Å². The highest BCUT2D eigenvalue weighted by Crippen LogP contribution is 2.13. The van der Waals surface area contributed by atoms with E-state index >= 15 is 0 Å². The Balaban J connectivity index is 2.88. The van der Waals surface area contributed by atoms with Crippen molar-refractivity contribution >= 4 is 22.0 Å². The first kappa shape index (κ1) is 21.3. The number of hydrogen-bond acceptors (Lipinski definition) is 4. The van der Waals surface area contributed by atoms with Crippen molar-refractivity contribution in [2.75, 3.05) is 27.3 Å². The van der Waals surface area contributed by atoms with E-state index in [4.69, 9.17) is 4.74 Å². The fraction of sp³-hybridized carbons (Fsp3) is 0.500. The van der Waals surface area contributed by atoms with E-state index in [1.54, 1.807) is 25.3 Å². The van der Waals surface area contributed by atoms with E-state index in [9.17, 15) is 13.2 Å². The summed E-state index contributed by atoms with van der Waals surface area (Å²) in [6.07, 6.45) is 4.99. The molecular formula is C18H28N2O4S. The van der Waals surface area contributed by atoms with Gasteiger partial charge >= 0.3 is 0 Å². The van der Waals surface area contributed by atoms with E-state index in [0.717, 1.165) is 18.4 Å². The third kappa shape index (κ3) is 6.26. The molecule has 0 aromatic heterocycles. The van der Waals surface area contributed by atoms with Gasteiger partial charge in [0, 0.05) is 25.8 Å².